The highest BCUT2D eigenvalue weighted by atomic mass is 35.5. The standard InChI is InChI=1S/C8H14ClNO3/c1-2-7(9)13-8(11)6-5-10-3-4-12-6/h6-7,10H,2-5H2,1H3. The molecule has 2 atom stereocenters. The van der Waals surface area contributed by atoms with E-state index in [-0.39, 0.29) is 5.97 Å². The van der Waals surface area contributed by atoms with E-state index < -0.39 is 11.7 Å². The number of morpholine rings is 1. The van der Waals surface area contributed by atoms with Gasteiger partial charge in [0, 0.05) is 13.1 Å². The zero-order valence-electron chi connectivity index (χ0n) is 7.59. The maximum absolute atomic E-state index is 11.3. The normalized spacial score (nSPS) is 25.2. The van der Waals surface area contributed by atoms with Crippen molar-refractivity contribution >= 4 is 17.6 Å². The van der Waals surface area contributed by atoms with Crippen molar-refractivity contribution in [1.29, 1.82) is 0 Å². The summed E-state index contributed by atoms with van der Waals surface area (Å²) in [5, 5.41) is 3.04. The third kappa shape index (κ3) is 3.50. The van der Waals surface area contributed by atoms with E-state index in [0.717, 1.165) is 6.54 Å². The minimum absolute atomic E-state index is 0.381. The molecular formula is C8H14ClNO3. The maximum atomic E-state index is 11.3. The Kier molecular flexibility index (Phi) is 4.48. The lowest BCUT2D eigenvalue weighted by Gasteiger charge is -2.22. The smallest absolute Gasteiger partial charge is 0.338 e. The van der Waals surface area contributed by atoms with Crippen LogP contribution < -0.4 is 5.32 Å². The summed E-state index contributed by atoms with van der Waals surface area (Å²) in [7, 11) is 0. The van der Waals surface area contributed by atoms with Crippen molar-refractivity contribution in [3.05, 3.63) is 0 Å². The van der Waals surface area contributed by atoms with E-state index in [1.165, 1.54) is 0 Å². The Hall–Kier alpha value is -0.320. The third-order valence-electron chi connectivity index (χ3n) is 1.76. The second kappa shape index (κ2) is 5.42. The Labute approximate surface area is 82.5 Å². The van der Waals surface area contributed by atoms with Gasteiger partial charge in [-0.1, -0.05) is 18.5 Å². The van der Waals surface area contributed by atoms with Gasteiger partial charge in [-0.25, -0.2) is 4.79 Å². The molecule has 1 saturated heterocycles. The second-order valence-electron chi connectivity index (χ2n) is 2.82. The number of esters is 1. The molecule has 0 aromatic heterocycles. The highest BCUT2D eigenvalue weighted by Crippen LogP contribution is 2.07. The zero-order chi connectivity index (χ0) is 9.68. The molecule has 4 nitrogen and oxygen atoms in total. The first-order chi connectivity index (χ1) is 6.24. The van der Waals surface area contributed by atoms with Crippen LogP contribution in [0, 0.1) is 0 Å². The quantitative estimate of drug-likeness (QED) is 0.541. The van der Waals surface area contributed by atoms with Crippen molar-refractivity contribution in [2.24, 2.45) is 0 Å². The molecule has 2 unspecified atom stereocenters. The number of carbonyl (C=O) groups excluding carboxylic acids is 1. The molecule has 0 radical (unpaired) electrons. The van der Waals surface area contributed by atoms with E-state index in [9.17, 15) is 4.79 Å². The molecule has 1 heterocycles. The lowest BCUT2D eigenvalue weighted by molar-refractivity contribution is -0.160. The van der Waals surface area contributed by atoms with Gasteiger partial charge in [-0.15, -0.1) is 0 Å². The highest BCUT2D eigenvalue weighted by molar-refractivity contribution is 6.20. The molecule has 0 aliphatic carbocycles. The molecule has 0 spiro atoms. The third-order valence-corrected chi connectivity index (χ3v) is 2.15. The minimum atomic E-state index is -0.543. The summed E-state index contributed by atoms with van der Waals surface area (Å²) < 4.78 is 10.1. The maximum Gasteiger partial charge on any atom is 0.338 e. The van der Waals surface area contributed by atoms with Crippen molar-refractivity contribution in [3.8, 4) is 0 Å². The minimum Gasteiger partial charge on any atom is -0.444 e. The topological polar surface area (TPSA) is 47.6 Å². The summed E-state index contributed by atoms with van der Waals surface area (Å²) in [5.74, 6) is -0.381. The highest BCUT2D eigenvalue weighted by Gasteiger charge is 2.24. The monoisotopic (exact) mass is 207 g/mol. The first kappa shape index (κ1) is 10.8. The SMILES string of the molecule is CCC(Cl)OC(=O)C1CNCCO1. The average Bonchev–Trinajstić information content (AvgIpc) is 2.19. The molecule has 1 rings (SSSR count). The predicted octanol–water partition coefficient (Wildman–Crippen LogP) is 0.493. The average molecular weight is 208 g/mol. The van der Waals surface area contributed by atoms with E-state index in [0.29, 0.717) is 19.6 Å². The van der Waals surface area contributed by atoms with E-state index >= 15 is 0 Å². The van der Waals surface area contributed by atoms with E-state index in [2.05, 4.69) is 5.32 Å². The van der Waals surface area contributed by atoms with Crippen LogP contribution in [0.5, 0.6) is 0 Å². The Morgan fingerprint density at radius 3 is 3.15 bits per heavy atom. The van der Waals surface area contributed by atoms with E-state index in [4.69, 9.17) is 21.1 Å². The molecule has 1 aliphatic heterocycles. The fourth-order valence-corrected chi connectivity index (χ4v) is 1.09. The van der Waals surface area contributed by atoms with Gasteiger partial charge in [0.2, 0.25) is 0 Å². The van der Waals surface area contributed by atoms with Gasteiger partial charge < -0.3 is 14.8 Å². The van der Waals surface area contributed by atoms with Crippen molar-refractivity contribution < 1.29 is 14.3 Å². The van der Waals surface area contributed by atoms with Crippen molar-refractivity contribution in [2.75, 3.05) is 19.7 Å². The first-order valence-electron chi connectivity index (χ1n) is 4.41. The Balaban J connectivity index is 2.29. The largest absolute Gasteiger partial charge is 0.444 e. The van der Waals surface area contributed by atoms with Gasteiger partial charge >= 0.3 is 5.97 Å². The van der Waals surface area contributed by atoms with Gasteiger partial charge in [0.15, 0.2) is 11.7 Å². The van der Waals surface area contributed by atoms with Crippen LogP contribution in [0.25, 0.3) is 0 Å². The van der Waals surface area contributed by atoms with Gasteiger partial charge in [-0.05, 0) is 6.42 Å². The van der Waals surface area contributed by atoms with Gasteiger partial charge in [-0.3, -0.25) is 0 Å². The predicted molar refractivity (Wildman–Crippen MR) is 48.6 cm³/mol. The Morgan fingerprint density at radius 2 is 2.62 bits per heavy atom. The molecule has 1 aliphatic rings. The van der Waals surface area contributed by atoms with E-state index in [1.807, 2.05) is 6.92 Å². The van der Waals surface area contributed by atoms with Crippen molar-refractivity contribution in [2.45, 2.75) is 25.0 Å². The van der Waals surface area contributed by atoms with Crippen molar-refractivity contribution in [1.82, 2.24) is 5.32 Å². The summed E-state index contributed by atoms with van der Waals surface area (Å²) in [6.45, 7) is 3.68. The fourth-order valence-electron chi connectivity index (χ4n) is 1.00. The van der Waals surface area contributed by atoms with Crippen LogP contribution in [0.15, 0.2) is 0 Å². The number of hydrogen-bond acceptors (Lipinski definition) is 4. The summed E-state index contributed by atoms with van der Waals surface area (Å²) in [4.78, 5) is 11.3. The van der Waals surface area contributed by atoms with Crippen molar-refractivity contribution in [3.63, 3.8) is 0 Å². The molecule has 1 fully saturated rings. The van der Waals surface area contributed by atoms with Gasteiger partial charge in [0.1, 0.15) is 0 Å². The van der Waals surface area contributed by atoms with Crippen LogP contribution in [0.1, 0.15) is 13.3 Å². The molecule has 13 heavy (non-hydrogen) atoms. The Bertz CT molecular complexity index is 171. The molecule has 0 amide bonds. The molecule has 76 valence electrons. The van der Waals surface area contributed by atoms with Crippen LogP contribution in [0.2, 0.25) is 0 Å². The van der Waals surface area contributed by atoms with Gasteiger partial charge in [-0.2, -0.15) is 0 Å². The number of ether oxygens (including phenoxy) is 2. The number of carbonyl (C=O) groups is 1. The van der Waals surface area contributed by atoms with Crippen LogP contribution in [0.3, 0.4) is 0 Å². The van der Waals surface area contributed by atoms with Gasteiger partial charge in [0.25, 0.3) is 0 Å². The number of rotatable bonds is 3. The van der Waals surface area contributed by atoms with Crippen LogP contribution in [-0.2, 0) is 14.3 Å². The molecule has 5 heteroatoms. The van der Waals surface area contributed by atoms with E-state index in [1.54, 1.807) is 0 Å². The summed E-state index contributed by atoms with van der Waals surface area (Å²) in [6, 6.07) is 0. The number of hydrogen-bond donors (Lipinski definition) is 1. The Morgan fingerprint density at radius 1 is 1.85 bits per heavy atom. The summed E-state index contributed by atoms with van der Waals surface area (Å²) >= 11 is 5.66. The second-order valence-corrected chi connectivity index (χ2v) is 3.31. The number of nitrogens with one attached hydrogen (secondary N) is 1. The first-order valence-corrected chi connectivity index (χ1v) is 4.84. The molecular weight excluding hydrogens is 194 g/mol. The number of halogens is 1. The molecule has 0 saturated carbocycles. The lowest BCUT2D eigenvalue weighted by Crippen LogP contribution is -2.44. The zero-order valence-corrected chi connectivity index (χ0v) is 8.34. The van der Waals surface area contributed by atoms with Crippen LogP contribution >= 0.6 is 11.6 Å². The molecule has 1 N–H and O–H groups in total. The summed E-state index contributed by atoms with van der Waals surface area (Å²) in [6.07, 6.45) is 0.106. The lowest BCUT2D eigenvalue weighted by atomic mass is 10.3. The molecule has 0 bridgehead atoms. The summed E-state index contributed by atoms with van der Waals surface area (Å²) in [5.41, 5.74) is -0.543. The fraction of sp³-hybridized carbons (Fsp3) is 0.875. The van der Waals surface area contributed by atoms with Crippen LogP contribution in [-0.4, -0.2) is 37.3 Å². The molecule has 0 aromatic rings. The molecule has 0 aromatic carbocycles. The number of alkyl halides is 1. The van der Waals surface area contributed by atoms with Gasteiger partial charge in [0.05, 0.1) is 6.61 Å². The van der Waals surface area contributed by atoms with Crippen LogP contribution in [0.4, 0.5) is 0 Å².